The molecular weight excluding hydrogens is 314 g/mol. The van der Waals surface area contributed by atoms with E-state index in [1.54, 1.807) is 30.3 Å². The molecule has 1 N–H and O–H groups in total. The fourth-order valence-corrected chi connectivity index (χ4v) is 2.99. The molecule has 122 valence electrons. The molecule has 23 heavy (non-hydrogen) atoms. The normalized spacial score (nSPS) is 11.0. The van der Waals surface area contributed by atoms with Crippen LogP contribution < -0.4 is 10.1 Å². The van der Waals surface area contributed by atoms with Crippen LogP contribution >= 0.6 is 0 Å². The van der Waals surface area contributed by atoms with E-state index in [-0.39, 0.29) is 17.2 Å². The molecule has 0 saturated carbocycles. The first-order chi connectivity index (χ1) is 10.9. The minimum atomic E-state index is -3.40. The van der Waals surface area contributed by atoms with Gasteiger partial charge in [-0.3, -0.25) is 4.79 Å². The van der Waals surface area contributed by atoms with Crippen molar-refractivity contribution in [3.63, 3.8) is 0 Å². The lowest BCUT2D eigenvalue weighted by Crippen LogP contribution is -2.16. The lowest BCUT2D eigenvalue weighted by molar-refractivity contribution is -0.115. The number of carbonyl (C=O) groups is 1. The molecule has 1 amide bonds. The maximum absolute atomic E-state index is 12.1. The summed E-state index contributed by atoms with van der Waals surface area (Å²) in [5, 5.41) is 2.66. The predicted octanol–water partition coefficient (Wildman–Crippen LogP) is 2.67. The Morgan fingerprint density at radius 1 is 1.09 bits per heavy atom. The van der Waals surface area contributed by atoms with Gasteiger partial charge >= 0.3 is 0 Å². The number of rotatable bonds is 6. The molecule has 0 unspecified atom stereocenters. The predicted molar refractivity (Wildman–Crippen MR) is 89.5 cm³/mol. The van der Waals surface area contributed by atoms with Crippen LogP contribution in [0.3, 0.4) is 0 Å². The van der Waals surface area contributed by atoms with E-state index >= 15 is 0 Å². The summed E-state index contributed by atoms with van der Waals surface area (Å²) in [5.41, 5.74) is 1.12. The summed E-state index contributed by atoms with van der Waals surface area (Å²) < 4.78 is 28.8. The van der Waals surface area contributed by atoms with Crippen molar-refractivity contribution >= 4 is 21.4 Å². The zero-order valence-electron chi connectivity index (χ0n) is 13.1. The van der Waals surface area contributed by atoms with Gasteiger partial charge in [-0.15, -0.1) is 0 Å². The van der Waals surface area contributed by atoms with E-state index in [0.29, 0.717) is 12.3 Å². The molecule has 2 rings (SSSR count). The molecule has 0 aromatic heterocycles. The number of hydrogen-bond acceptors (Lipinski definition) is 4. The summed E-state index contributed by atoms with van der Waals surface area (Å²) in [7, 11) is -3.40. The van der Waals surface area contributed by atoms with Crippen LogP contribution in [0.4, 0.5) is 5.69 Å². The standard InChI is InChI=1S/C17H19NO4S/c1-3-22-14-10-8-13(9-11-14)12-17(19)18-15-6-4-5-7-16(15)23(2,20)21/h4-11H,3,12H2,1-2H3,(H,18,19). The zero-order valence-corrected chi connectivity index (χ0v) is 13.9. The molecule has 0 heterocycles. The van der Waals surface area contributed by atoms with E-state index < -0.39 is 9.84 Å². The highest BCUT2D eigenvalue weighted by molar-refractivity contribution is 7.90. The van der Waals surface area contributed by atoms with Crippen molar-refractivity contribution in [3.8, 4) is 5.75 Å². The molecule has 0 atom stereocenters. The van der Waals surface area contributed by atoms with Gasteiger partial charge in [-0.05, 0) is 36.8 Å². The van der Waals surface area contributed by atoms with Gasteiger partial charge in [-0.25, -0.2) is 8.42 Å². The summed E-state index contributed by atoms with van der Waals surface area (Å²) in [4.78, 5) is 12.2. The molecule has 0 aliphatic heterocycles. The molecular formula is C17H19NO4S. The molecule has 2 aromatic carbocycles. The third-order valence-corrected chi connectivity index (χ3v) is 4.31. The highest BCUT2D eigenvalue weighted by atomic mass is 32.2. The van der Waals surface area contributed by atoms with Crippen LogP contribution in [0.2, 0.25) is 0 Å². The zero-order chi connectivity index (χ0) is 16.9. The molecule has 0 aliphatic carbocycles. The van der Waals surface area contributed by atoms with E-state index in [0.717, 1.165) is 17.6 Å². The monoisotopic (exact) mass is 333 g/mol. The van der Waals surface area contributed by atoms with Crippen molar-refractivity contribution in [1.29, 1.82) is 0 Å². The molecule has 6 heteroatoms. The second-order valence-electron chi connectivity index (χ2n) is 5.07. The Kier molecular flexibility index (Phi) is 5.39. The number of para-hydroxylation sites is 1. The van der Waals surface area contributed by atoms with E-state index in [9.17, 15) is 13.2 Å². The molecule has 0 radical (unpaired) electrons. The first-order valence-electron chi connectivity index (χ1n) is 7.21. The lowest BCUT2D eigenvalue weighted by atomic mass is 10.1. The van der Waals surface area contributed by atoms with Gasteiger partial charge in [0.05, 0.1) is 23.6 Å². The molecule has 0 spiro atoms. The van der Waals surface area contributed by atoms with Crippen LogP contribution in [0.1, 0.15) is 12.5 Å². The second-order valence-corrected chi connectivity index (χ2v) is 7.05. The number of benzene rings is 2. The number of sulfone groups is 1. The lowest BCUT2D eigenvalue weighted by Gasteiger charge is -2.10. The van der Waals surface area contributed by atoms with Crippen LogP contribution in [0.15, 0.2) is 53.4 Å². The Labute approximate surface area is 136 Å². The highest BCUT2D eigenvalue weighted by Gasteiger charge is 2.14. The van der Waals surface area contributed by atoms with E-state index in [1.165, 1.54) is 6.07 Å². The Bertz CT molecular complexity index is 782. The Hall–Kier alpha value is -2.34. The minimum absolute atomic E-state index is 0.111. The SMILES string of the molecule is CCOc1ccc(CC(=O)Nc2ccccc2S(C)(=O)=O)cc1. The maximum atomic E-state index is 12.1. The quantitative estimate of drug-likeness (QED) is 0.882. The van der Waals surface area contributed by atoms with Gasteiger partial charge in [-0.1, -0.05) is 24.3 Å². The minimum Gasteiger partial charge on any atom is -0.494 e. The van der Waals surface area contributed by atoms with Gasteiger partial charge < -0.3 is 10.1 Å². The number of hydrogen-bond donors (Lipinski definition) is 1. The number of ether oxygens (including phenoxy) is 1. The van der Waals surface area contributed by atoms with E-state index in [4.69, 9.17) is 4.74 Å². The maximum Gasteiger partial charge on any atom is 0.228 e. The van der Waals surface area contributed by atoms with Crippen LogP contribution in [-0.2, 0) is 21.1 Å². The summed E-state index contributed by atoms with van der Waals surface area (Å²) in [6, 6.07) is 13.6. The van der Waals surface area contributed by atoms with Crippen molar-refractivity contribution in [2.75, 3.05) is 18.2 Å². The molecule has 0 aliphatic rings. The number of carbonyl (C=O) groups excluding carboxylic acids is 1. The number of anilines is 1. The Morgan fingerprint density at radius 3 is 2.35 bits per heavy atom. The smallest absolute Gasteiger partial charge is 0.228 e. The van der Waals surface area contributed by atoms with Gasteiger partial charge in [-0.2, -0.15) is 0 Å². The second kappa shape index (κ2) is 7.28. The molecule has 0 bridgehead atoms. The molecule has 5 nitrogen and oxygen atoms in total. The first-order valence-corrected chi connectivity index (χ1v) is 9.10. The van der Waals surface area contributed by atoms with Crippen LogP contribution in [-0.4, -0.2) is 27.2 Å². The van der Waals surface area contributed by atoms with Crippen molar-refractivity contribution in [1.82, 2.24) is 0 Å². The summed E-state index contributed by atoms with van der Waals surface area (Å²) >= 11 is 0. The van der Waals surface area contributed by atoms with E-state index in [2.05, 4.69) is 5.32 Å². The summed E-state index contributed by atoms with van der Waals surface area (Å²) in [5.74, 6) is 0.476. The Morgan fingerprint density at radius 2 is 1.74 bits per heavy atom. The number of amides is 1. The summed E-state index contributed by atoms with van der Waals surface area (Å²) in [6.45, 7) is 2.49. The first kappa shape index (κ1) is 17.0. The van der Waals surface area contributed by atoms with Crippen LogP contribution in [0.25, 0.3) is 0 Å². The fraction of sp³-hybridized carbons (Fsp3) is 0.235. The van der Waals surface area contributed by atoms with E-state index in [1.807, 2.05) is 19.1 Å². The van der Waals surface area contributed by atoms with Gasteiger partial charge in [0, 0.05) is 6.26 Å². The van der Waals surface area contributed by atoms with Crippen LogP contribution in [0.5, 0.6) is 5.75 Å². The van der Waals surface area contributed by atoms with Gasteiger partial charge in [0.15, 0.2) is 9.84 Å². The van der Waals surface area contributed by atoms with Gasteiger partial charge in [0.1, 0.15) is 5.75 Å². The van der Waals surface area contributed by atoms with Gasteiger partial charge in [0.2, 0.25) is 5.91 Å². The van der Waals surface area contributed by atoms with Crippen LogP contribution in [0, 0.1) is 0 Å². The topological polar surface area (TPSA) is 72.5 Å². The molecule has 0 fully saturated rings. The number of nitrogens with one attached hydrogen (secondary N) is 1. The Balaban J connectivity index is 2.08. The van der Waals surface area contributed by atoms with Crippen molar-refractivity contribution in [2.24, 2.45) is 0 Å². The largest absolute Gasteiger partial charge is 0.494 e. The summed E-state index contributed by atoms with van der Waals surface area (Å²) in [6.07, 6.45) is 1.27. The van der Waals surface area contributed by atoms with Gasteiger partial charge in [0.25, 0.3) is 0 Å². The molecule has 0 saturated heterocycles. The van der Waals surface area contributed by atoms with Crippen molar-refractivity contribution in [3.05, 3.63) is 54.1 Å². The fourth-order valence-electron chi connectivity index (χ4n) is 2.14. The average molecular weight is 333 g/mol. The van der Waals surface area contributed by atoms with Crippen molar-refractivity contribution < 1.29 is 17.9 Å². The highest BCUT2D eigenvalue weighted by Crippen LogP contribution is 2.21. The third-order valence-electron chi connectivity index (χ3n) is 3.16. The third kappa shape index (κ3) is 4.82. The molecule has 2 aromatic rings. The van der Waals surface area contributed by atoms with Crippen molar-refractivity contribution in [2.45, 2.75) is 18.2 Å². The average Bonchev–Trinajstić information content (AvgIpc) is 2.49.